The van der Waals surface area contributed by atoms with Crippen molar-refractivity contribution in [1.29, 1.82) is 0 Å². The van der Waals surface area contributed by atoms with Crippen molar-refractivity contribution >= 4 is 6.08 Å². The number of morpholine rings is 1. The van der Waals surface area contributed by atoms with E-state index in [9.17, 15) is 4.39 Å². The molecule has 1 aliphatic heterocycles. The maximum atomic E-state index is 13.9. The van der Waals surface area contributed by atoms with Crippen molar-refractivity contribution in [1.82, 2.24) is 15.3 Å². The smallest absolute Gasteiger partial charge is 0.126 e. The number of nitrogens with one attached hydrogen (secondary N) is 2. The number of ether oxygens (including phenoxy) is 1. The van der Waals surface area contributed by atoms with Gasteiger partial charge in [0.1, 0.15) is 11.6 Å². The van der Waals surface area contributed by atoms with Crippen molar-refractivity contribution in [3.05, 3.63) is 71.1 Å². The molecule has 2 aromatic rings. The fraction of sp³-hybridized carbons (Fsp3) is 0.381. The zero-order valence-electron chi connectivity index (χ0n) is 15.4. The summed E-state index contributed by atoms with van der Waals surface area (Å²) < 4.78 is 19.9. The van der Waals surface area contributed by atoms with Crippen LogP contribution in [-0.4, -0.2) is 29.2 Å². The highest BCUT2D eigenvalue weighted by Crippen LogP contribution is 2.21. The molecule has 0 bridgehead atoms. The van der Waals surface area contributed by atoms with Gasteiger partial charge in [-0.05, 0) is 50.0 Å². The van der Waals surface area contributed by atoms with E-state index in [0.29, 0.717) is 13.0 Å². The van der Waals surface area contributed by atoms with Crippen molar-refractivity contribution < 1.29 is 9.13 Å². The maximum absolute atomic E-state index is 13.9. The first-order chi connectivity index (χ1) is 12.6. The molecule has 1 aromatic carbocycles. The lowest BCUT2D eigenvalue weighted by Crippen LogP contribution is -2.41. The zero-order chi connectivity index (χ0) is 18.5. The zero-order valence-corrected chi connectivity index (χ0v) is 15.4. The van der Waals surface area contributed by atoms with Gasteiger partial charge >= 0.3 is 0 Å². The number of allylic oxidation sites excluding steroid dienone is 2. The molecule has 26 heavy (non-hydrogen) atoms. The summed E-state index contributed by atoms with van der Waals surface area (Å²) in [5.41, 5.74) is 3.73. The quantitative estimate of drug-likeness (QED) is 0.769. The van der Waals surface area contributed by atoms with Crippen molar-refractivity contribution in [2.45, 2.75) is 38.8 Å². The summed E-state index contributed by atoms with van der Waals surface area (Å²) in [6.45, 7) is 8.92. The number of nitrogens with zero attached hydrogens (tertiary/aromatic N) is 1. The molecule has 1 aliphatic rings. The standard InChI is InChI=1S/C21H26FN3O/c1-4-5-9-19-15(3)24-21(25-19)20-13-26-16(12-23-20)10-11-17-14(2)7-6-8-18(17)22/h4-9,16,20,23H,1,10-13H2,2-3H3,(H,24,25)/b9-5-/t16-,20+/m1/s1. The molecule has 0 amide bonds. The van der Waals surface area contributed by atoms with Crippen molar-refractivity contribution in [2.24, 2.45) is 0 Å². The molecule has 1 saturated heterocycles. The van der Waals surface area contributed by atoms with Gasteiger partial charge in [-0.1, -0.05) is 30.9 Å². The van der Waals surface area contributed by atoms with Gasteiger partial charge in [-0.3, -0.25) is 0 Å². The van der Waals surface area contributed by atoms with Gasteiger partial charge in [-0.2, -0.15) is 0 Å². The fourth-order valence-corrected chi connectivity index (χ4v) is 3.26. The number of benzene rings is 1. The minimum atomic E-state index is -0.127. The van der Waals surface area contributed by atoms with E-state index < -0.39 is 0 Å². The average molecular weight is 355 g/mol. The van der Waals surface area contributed by atoms with E-state index in [1.165, 1.54) is 6.07 Å². The Bertz CT molecular complexity index is 768. The monoisotopic (exact) mass is 355 g/mol. The summed E-state index contributed by atoms with van der Waals surface area (Å²) in [5, 5.41) is 3.49. The van der Waals surface area contributed by atoms with Gasteiger partial charge in [0.25, 0.3) is 0 Å². The lowest BCUT2D eigenvalue weighted by atomic mass is 10.0. The molecule has 1 aromatic heterocycles. The minimum absolute atomic E-state index is 0.0472. The predicted octanol–water partition coefficient (Wildman–Crippen LogP) is 4.03. The van der Waals surface area contributed by atoms with Gasteiger partial charge in [0.2, 0.25) is 0 Å². The molecule has 0 spiro atoms. The number of imidazole rings is 1. The summed E-state index contributed by atoms with van der Waals surface area (Å²) in [5.74, 6) is 0.757. The lowest BCUT2D eigenvalue weighted by Gasteiger charge is -2.29. The molecule has 2 N–H and O–H groups in total. The minimum Gasteiger partial charge on any atom is -0.375 e. The molecule has 0 aliphatic carbocycles. The number of hydrogen-bond donors (Lipinski definition) is 2. The molecule has 3 rings (SSSR count). The van der Waals surface area contributed by atoms with E-state index in [2.05, 4.69) is 21.9 Å². The fourth-order valence-electron chi connectivity index (χ4n) is 3.26. The summed E-state index contributed by atoms with van der Waals surface area (Å²) >= 11 is 0. The third kappa shape index (κ3) is 4.29. The van der Waals surface area contributed by atoms with Gasteiger partial charge in [0, 0.05) is 12.2 Å². The largest absolute Gasteiger partial charge is 0.375 e. The normalized spacial score (nSPS) is 20.6. The van der Waals surface area contributed by atoms with Crippen LogP contribution in [0.15, 0.2) is 36.9 Å². The van der Waals surface area contributed by atoms with Gasteiger partial charge in [0.05, 0.1) is 24.4 Å². The van der Waals surface area contributed by atoms with Crippen LogP contribution in [-0.2, 0) is 11.2 Å². The molecular formula is C21H26FN3O. The molecule has 2 atom stereocenters. The van der Waals surface area contributed by atoms with Crippen LogP contribution in [0.3, 0.4) is 0 Å². The Morgan fingerprint density at radius 1 is 1.38 bits per heavy atom. The average Bonchev–Trinajstić information content (AvgIpc) is 3.01. The highest BCUT2D eigenvalue weighted by atomic mass is 19.1. The van der Waals surface area contributed by atoms with Crippen LogP contribution in [0.1, 0.15) is 40.8 Å². The van der Waals surface area contributed by atoms with Crippen LogP contribution < -0.4 is 5.32 Å². The predicted molar refractivity (Wildman–Crippen MR) is 102 cm³/mol. The Labute approximate surface area is 154 Å². The lowest BCUT2D eigenvalue weighted by molar-refractivity contribution is -0.00217. The van der Waals surface area contributed by atoms with E-state index in [-0.39, 0.29) is 18.0 Å². The van der Waals surface area contributed by atoms with Crippen LogP contribution in [0.5, 0.6) is 0 Å². The van der Waals surface area contributed by atoms with Crippen molar-refractivity contribution in [3.63, 3.8) is 0 Å². The molecule has 0 saturated carbocycles. The number of aromatic nitrogens is 2. The molecule has 1 fully saturated rings. The summed E-state index contributed by atoms with van der Waals surface area (Å²) in [7, 11) is 0. The second kappa shape index (κ2) is 8.43. The highest BCUT2D eigenvalue weighted by Gasteiger charge is 2.25. The van der Waals surface area contributed by atoms with Gasteiger partial charge in [-0.15, -0.1) is 0 Å². The number of hydrogen-bond acceptors (Lipinski definition) is 3. The number of H-pyrrole nitrogens is 1. The highest BCUT2D eigenvalue weighted by molar-refractivity contribution is 5.49. The van der Waals surface area contributed by atoms with E-state index in [0.717, 1.165) is 41.3 Å². The van der Waals surface area contributed by atoms with E-state index >= 15 is 0 Å². The number of aromatic amines is 1. The van der Waals surface area contributed by atoms with E-state index in [4.69, 9.17) is 4.74 Å². The maximum Gasteiger partial charge on any atom is 0.126 e. The van der Waals surface area contributed by atoms with Crippen molar-refractivity contribution in [2.75, 3.05) is 13.2 Å². The van der Waals surface area contributed by atoms with Crippen LogP contribution in [0.25, 0.3) is 6.08 Å². The Kier molecular flexibility index (Phi) is 6.01. The van der Waals surface area contributed by atoms with Crippen LogP contribution in [0.2, 0.25) is 0 Å². The number of rotatable bonds is 6. The van der Waals surface area contributed by atoms with Gasteiger partial charge < -0.3 is 15.0 Å². The summed E-state index contributed by atoms with van der Waals surface area (Å²) in [6, 6.07) is 5.27. The first-order valence-corrected chi connectivity index (χ1v) is 9.03. The first kappa shape index (κ1) is 18.5. The van der Waals surface area contributed by atoms with Crippen LogP contribution in [0, 0.1) is 19.7 Å². The summed E-state index contributed by atoms with van der Waals surface area (Å²) in [4.78, 5) is 7.95. The van der Waals surface area contributed by atoms with Gasteiger partial charge in [0.15, 0.2) is 0 Å². The Balaban J connectivity index is 1.54. The SMILES string of the molecule is C=C/C=C\c1nc([C@@H]2CO[C@H](CCc3c(C)cccc3F)CN2)[nH]c1C. The second-order valence-corrected chi connectivity index (χ2v) is 6.72. The molecule has 0 radical (unpaired) electrons. The van der Waals surface area contributed by atoms with Gasteiger partial charge in [-0.25, -0.2) is 9.37 Å². The molecular weight excluding hydrogens is 329 g/mol. The van der Waals surface area contributed by atoms with Crippen LogP contribution in [0.4, 0.5) is 4.39 Å². The van der Waals surface area contributed by atoms with E-state index in [1.807, 2.05) is 32.1 Å². The number of aryl methyl sites for hydroxylation is 2. The third-order valence-corrected chi connectivity index (χ3v) is 4.82. The molecule has 5 heteroatoms. The molecule has 2 heterocycles. The molecule has 0 unspecified atom stereocenters. The van der Waals surface area contributed by atoms with Crippen LogP contribution >= 0.6 is 0 Å². The molecule has 4 nitrogen and oxygen atoms in total. The second-order valence-electron chi connectivity index (χ2n) is 6.72. The van der Waals surface area contributed by atoms with Crippen molar-refractivity contribution in [3.8, 4) is 0 Å². The topological polar surface area (TPSA) is 49.9 Å². The Hall–Kier alpha value is -2.24. The Morgan fingerprint density at radius 3 is 2.92 bits per heavy atom. The van der Waals surface area contributed by atoms with E-state index in [1.54, 1.807) is 12.1 Å². The summed E-state index contributed by atoms with van der Waals surface area (Å²) in [6.07, 6.45) is 7.11. The number of halogens is 1. The first-order valence-electron chi connectivity index (χ1n) is 9.03. The Morgan fingerprint density at radius 2 is 2.23 bits per heavy atom. The third-order valence-electron chi connectivity index (χ3n) is 4.82. The molecule has 138 valence electrons.